The number of aromatic nitrogens is 3. The maximum absolute atomic E-state index is 14.9. The Labute approximate surface area is 168 Å². The van der Waals surface area contributed by atoms with Crippen molar-refractivity contribution < 1.29 is 9.18 Å². The SMILES string of the molecule is Cl.O=C(Nc1ccc(-n2nc(C3CC3)cc2C2CC2)c(F)c1)c1cccnc1. The number of rotatable bonds is 5. The fourth-order valence-electron chi connectivity index (χ4n) is 3.31. The molecule has 0 unspecified atom stereocenters. The van der Waals surface area contributed by atoms with Gasteiger partial charge in [0.25, 0.3) is 5.91 Å². The number of halogens is 2. The lowest BCUT2D eigenvalue weighted by molar-refractivity contribution is 0.102. The van der Waals surface area contributed by atoms with Gasteiger partial charge in [0.2, 0.25) is 0 Å². The monoisotopic (exact) mass is 398 g/mol. The van der Waals surface area contributed by atoms with Crippen molar-refractivity contribution in [3.8, 4) is 5.69 Å². The van der Waals surface area contributed by atoms with Crippen molar-refractivity contribution >= 4 is 24.0 Å². The van der Waals surface area contributed by atoms with Crippen LogP contribution in [-0.2, 0) is 0 Å². The van der Waals surface area contributed by atoms with Crippen molar-refractivity contribution in [1.29, 1.82) is 0 Å². The van der Waals surface area contributed by atoms with Crippen molar-refractivity contribution in [3.63, 3.8) is 0 Å². The molecule has 1 aromatic carbocycles. The van der Waals surface area contributed by atoms with E-state index in [1.807, 2.05) is 0 Å². The summed E-state index contributed by atoms with van der Waals surface area (Å²) < 4.78 is 16.6. The Morgan fingerprint density at radius 3 is 2.54 bits per heavy atom. The van der Waals surface area contributed by atoms with E-state index in [4.69, 9.17) is 0 Å². The van der Waals surface area contributed by atoms with Crippen LogP contribution in [0.25, 0.3) is 5.69 Å². The van der Waals surface area contributed by atoms with E-state index < -0.39 is 5.82 Å². The van der Waals surface area contributed by atoms with E-state index in [1.54, 1.807) is 35.1 Å². The van der Waals surface area contributed by atoms with Crippen molar-refractivity contribution in [1.82, 2.24) is 14.8 Å². The van der Waals surface area contributed by atoms with Crippen LogP contribution in [0, 0.1) is 5.82 Å². The Morgan fingerprint density at radius 1 is 1.11 bits per heavy atom. The van der Waals surface area contributed by atoms with E-state index >= 15 is 0 Å². The molecule has 1 N–H and O–H groups in total. The molecule has 2 aliphatic carbocycles. The first-order valence-corrected chi connectivity index (χ1v) is 9.30. The maximum Gasteiger partial charge on any atom is 0.257 e. The Kier molecular flexibility index (Phi) is 4.89. The van der Waals surface area contributed by atoms with Gasteiger partial charge in [-0.05, 0) is 62.1 Å². The summed E-state index contributed by atoms with van der Waals surface area (Å²) in [6.45, 7) is 0. The van der Waals surface area contributed by atoms with Gasteiger partial charge < -0.3 is 5.32 Å². The number of nitrogens with zero attached hydrogens (tertiary/aromatic N) is 3. The molecule has 0 bridgehead atoms. The Hall–Kier alpha value is -2.73. The average molecular weight is 399 g/mol. The number of hydrogen-bond acceptors (Lipinski definition) is 3. The van der Waals surface area contributed by atoms with Crippen LogP contribution in [0.4, 0.5) is 10.1 Å². The van der Waals surface area contributed by atoms with E-state index in [9.17, 15) is 9.18 Å². The highest BCUT2D eigenvalue weighted by Crippen LogP contribution is 2.45. The molecular formula is C21H20ClFN4O. The lowest BCUT2D eigenvalue weighted by Crippen LogP contribution is -2.12. The van der Waals surface area contributed by atoms with Crippen molar-refractivity contribution in [2.24, 2.45) is 0 Å². The highest BCUT2D eigenvalue weighted by atomic mass is 35.5. The smallest absolute Gasteiger partial charge is 0.257 e. The maximum atomic E-state index is 14.9. The minimum Gasteiger partial charge on any atom is -0.322 e. The number of anilines is 1. The van der Waals surface area contributed by atoms with Crippen molar-refractivity contribution in [2.45, 2.75) is 37.5 Å². The topological polar surface area (TPSA) is 59.8 Å². The van der Waals surface area contributed by atoms with E-state index in [2.05, 4.69) is 21.5 Å². The standard InChI is InChI=1S/C21H19FN4O.ClH/c22-17-10-16(24-21(27)15-2-1-9-23-12-15)7-8-19(17)26-20(14-5-6-14)11-18(25-26)13-3-4-13;/h1-2,7-14H,3-6H2,(H,24,27);1H. The number of carbonyl (C=O) groups is 1. The van der Waals surface area contributed by atoms with Gasteiger partial charge in [0.05, 0.1) is 11.3 Å². The van der Waals surface area contributed by atoms with E-state index in [1.165, 1.54) is 25.1 Å². The molecule has 2 fully saturated rings. The summed E-state index contributed by atoms with van der Waals surface area (Å²) in [5.74, 6) is 0.301. The van der Waals surface area contributed by atoms with Crippen LogP contribution >= 0.6 is 12.4 Å². The molecule has 0 spiro atoms. The Morgan fingerprint density at radius 2 is 1.89 bits per heavy atom. The second kappa shape index (κ2) is 7.36. The predicted molar refractivity (Wildman–Crippen MR) is 107 cm³/mol. The predicted octanol–water partition coefficient (Wildman–Crippen LogP) is 4.84. The molecule has 0 saturated heterocycles. The van der Waals surface area contributed by atoms with Gasteiger partial charge in [-0.25, -0.2) is 9.07 Å². The number of hydrogen-bond donors (Lipinski definition) is 1. The molecule has 0 atom stereocenters. The molecule has 2 aliphatic rings. The lowest BCUT2D eigenvalue weighted by atomic mass is 10.2. The van der Waals surface area contributed by atoms with Crippen LogP contribution < -0.4 is 5.32 Å². The average Bonchev–Trinajstić information content (AvgIpc) is 3.61. The first-order chi connectivity index (χ1) is 13.2. The third-order valence-electron chi connectivity index (χ3n) is 5.10. The highest BCUT2D eigenvalue weighted by molar-refractivity contribution is 6.04. The van der Waals surface area contributed by atoms with Crippen LogP contribution in [0.3, 0.4) is 0 Å². The summed E-state index contributed by atoms with van der Waals surface area (Å²) >= 11 is 0. The number of nitrogens with one attached hydrogen (secondary N) is 1. The minimum absolute atomic E-state index is 0. The summed E-state index contributed by atoms with van der Waals surface area (Å²) in [4.78, 5) is 16.2. The highest BCUT2D eigenvalue weighted by Gasteiger charge is 2.33. The second-order valence-corrected chi connectivity index (χ2v) is 7.32. The first-order valence-electron chi connectivity index (χ1n) is 9.30. The molecule has 7 heteroatoms. The van der Waals surface area contributed by atoms with Gasteiger partial charge in [-0.1, -0.05) is 0 Å². The number of amides is 1. The summed E-state index contributed by atoms with van der Waals surface area (Å²) in [7, 11) is 0. The number of benzene rings is 1. The molecule has 3 aromatic rings. The van der Waals surface area contributed by atoms with Gasteiger partial charge in [-0.3, -0.25) is 9.78 Å². The molecule has 28 heavy (non-hydrogen) atoms. The van der Waals surface area contributed by atoms with Crippen molar-refractivity contribution in [3.05, 3.63) is 71.6 Å². The zero-order valence-electron chi connectivity index (χ0n) is 15.1. The number of pyridine rings is 1. The Bertz CT molecular complexity index is 1010. The zero-order chi connectivity index (χ0) is 18.4. The summed E-state index contributed by atoms with van der Waals surface area (Å²) in [5.41, 5.74) is 3.45. The quantitative estimate of drug-likeness (QED) is 0.669. The molecule has 2 saturated carbocycles. The van der Waals surface area contributed by atoms with E-state index in [0.717, 1.165) is 24.2 Å². The molecule has 2 aromatic heterocycles. The zero-order valence-corrected chi connectivity index (χ0v) is 16.0. The van der Waals surface area contributed by atoms with Crippen LogP contribution in [-0.4, -0.2) is 20.7 Å². The third-order valence-corrected chi connectivity index (χ3v) is 5.10. The number of carbonyl (C=O) groups excluding carboxylic acids is 1. The summed E-state index contributed by atoms with van der Waals surface area (Å²) in [6, 6.07) is 10.2. The molecule has 0 aliphatic heterocycles. The van der Waals surface area contributed by atoms with Gasteiger partial charge in [0.1, 0.15) is 5.69 Å². The van der Waals surface area contributed by atoms with E-state index in [0.29, 0.717) is 28.8 Å². The third kappa shape index (κ3) is 3.64. The molecule has 1 amide bonds. The van der Waals surface area contributed by atoms with Crippen LogP contribution in [0.2, 0.25) is 0 Å². The molecule has 2 heterocycles. The van der Waals surface area contributed by atoms with Gasteiger partial charge in [0, 0.05) is 35.6 Å². The van der Waals surface area contributed by atoms with Crippen LogP contribution in [0.1, 0.15) is 59.3 Å². The lowest BCUT2D eigenvalue weighted by Gasteiger charge is -2.10. The second-order valence-electron chi connectivity index (χ2n) is 7.32. The van der Waals surface area contributed by atoms with Gasteiger partial charge in [0.15, 0.2) is 5.82 Å². The van der Waals surface area contributed by atoms with E-state index in [-0.39, 0.29) is 18.3 Å². The molecule has 5 nitrogen and oxygen atoms in total. The molecule has 0 radical (unpaired) electrons. The van der Waals surface area contributed by atoms with Gasteiger partial charge in [-0.15, -0.1) is 12.4 Å². The summed E-state index contributed by atoms with van der Waals surface area (Å²) in [5, 5.41) is 7.40. The summed E-state index contributed by atoms with van der Waals surface area (Å²) in [6.07, 6.45) is 7.69. The Balaban J connectivity index is 0.00000192. The fourth-order valence-corrected chi connectivity index (χ4v) is 3.31. The fraction of sp³-hybridized carbons (Fsp3) is 0.286. The van der Waals surface area contributed by atoms with Crippen molar-refractivity contribution in [2.75, 3.05) is 5.32 Å². The largest absolute Gasteiger partial charge is 0.322 e. The van der Waals surface area contributed by atoms with Crippen LogP contribution in [0.5, 0.6) is 0 Å². The van der Waals surface area contributed by atoms with Gasteiger partial charge >= 0.3 is 0 Å². The minimum atomic E-state index is -0.397. The first kappa shape index (κ1) is 18.6. The van der Waals surface area contributed by atoms with Gasteiger partial charge in [-0.2, -0.15) is 5.10 Å². The van der Waals surface area contributed by atoms with Crippen LogP contribution in [0.15, 0.2) is 48.8 Å². The molecular weight excluding hydrogens is 379 g/mol. The molecule has 144 valence electrons. The molecule has 5 rings (SSSR count). The normalized spacial score (nSPS) is 15.8.